The predicted molar refractivity (Wildman–Crippen MR) is 134 cm³/mol. The Morgan fingerprint density at radius 3 is 2.34 bits per heavy atom. The van der Waals surface area contributed by atoms with Crippen LogP contribution in [0.3, 0.4) is 0 Å². The maximum atomic E-state index is 4.99. The van der Waals surface area contributed by atoms with Crippen molar-refractivity contribution < 1.29 is 0 Å². The first-order valence-corrected chi connectivity index (χ1v) is 11.3. The van der Waals surface area contributed by atoms with Crippen LogP contribution in [-0.4, -0.2) is 16.5 Å². The fraction of sp³-hybridized carbons (Fsp3) is 0.241. The lowest BCUT2D eigenvalue weighted by molar-refractivity contribution is 0.679. The molecule has 3 heteroatoms. The summed E-state index contributed by atoms with van der Waals surface area (Å²) >= 11 is 0. The molecule has 0 bridgehead atoms. The van der Waals surface area contributed by atoms with E-state index in [4.69, 9.17) is 4.98 Å². The molecule has 0 unspecified atom stereocenters. The zero-order chi connectivity index (χ0) is 22.5. The zero-order valence-corrected chi connectivity index (χ0v) is 19.4. The molecule has 0 amide bonds. The number of nitrogens with zero attached hydrogens (tertiary/aromatic N) is 2. The third kappa shape index (κ3) is 5.12. The van der Waals surface area contributed by atoms with Crippen LogP contribution in [0.15, 0.2) is 73.1 Å². The van der Waals surface area contributed by atoms with E-state index in [1.165, 1.54) is 38.9 Å². The Hall–Kier alpha value is -3.30. The minimum absolute atomic E-state index is 0.851. The molecule has 2 aromatic heterocycles. The van der Waals surface area contributed by atoms with Crippen molar-refractivity contribution in [3.8, 4) is 22.4 Å². The molecule has 3 nitrogen and oxygen atoms in total. The van der Waals surface area contributed by atoms with Crippen LogP contribution in [0, 0.1) is 27.7 Å². The van der Waals surface area contributed by atoms with E-state index in [-0.39, 0.29) is 0 Å². The van der Waals surface area contributed by atoms with Gasteiger partial charge in [-0.15, -0.1) is 0 Å². The van der Waals surface area contributed by atoms with Crippen molar-refractivity contribution in [1.82, 2.24) is 15.3 Å². The highest BCUT2D eigenvalue weighted by Gasteiger charge is 2.09. The van der Waals surface area contributed by atoms with Crippen molar-refractivity contribution in [3.05, 3.63) is 107 Å². The van der Waals surface area contributed by atoms with Gasteiger partial charge in [0.2, 0.25) is 0 Å². The number of pyridine rings is 2. The van der Waals surface area contributed by atoms with Gasteiger partial charge < -0.3 is 5.32 Å². The Kier molecular flexibility index (Phi) is 6.77. The Balaban J connectivity index is 1.39. The molecule has 2 heterocycles. The van der Waals surface area contributed by atoms with Crippen LogP contribution in [-0.2, 0) is 13.0 Å². The van der Waals surface area contributed by atoms with Crippen molar-refractivity contribution in [2.45, 2.75) is 40.7 Å². The molecule has 0 saturated carbocycles. The van der Waals surface area contributed by atoms with Crippen molar-refractivity contribution in [1.29, 1.82) is 0 Å². The molecular weight excluding hydrogens is 390 g/mol. The fourth-order valence-electron chi connectivity index (χ4n) is 4.06. The van der Waals surface area contributed by atoms with Crippen LogP contribution < -0.4 is 5.32 Å². The topological polar surface area (TPSA) is 37.8 Å². The monoisotopic (exact) mass is 421 g/mol. The quantitative estimate of drug-likeness (QED) is 0.352. The van der Waals surface area contributed by atoms with E-state index in [9.17, 15) is 0 Å². The molecule has 0 spiro atoms. The second-order valence-electron chi connectivity index (χ2n) is 8.59. The average Bonchev–Trinajstić information content (AvgIpc) is 2.80. The summed E-state index contributed by atoms with van der Waals surface area (Å²) < 4.78 is 0. The van der Waals surface area contributed by atoms with E-state index in [1.807, 2.05) is 18.5 Å². The summed E-state index contributed by atoms with van der Waals surface area (Å²) in [5, 5.41) is 3.59. The Labute approximate surface area is 191 Å². The van der Waals surface area contributed by atoms with Crippen LogP contribution >= 0.6 is 0 Å². The molecule has 162 valence electrons. The van der Waals surface area contributed by atoms with Gasteiger partial charge in [-0.25, -0.2) is 0 Å². The molecule has 0 atom stereocenters. The molecular formula is C29H31N3. The highest BCUT2D eigenvalue weighted by molar-refractivity contribution is 5.67. The SMILES string of the molecule is Cc1ccc(-c2nc(CCNCc3ccc(-c4cccnc4)c(C)c3)cc(C)c2C)cc1. The number of aromatic nitrogens is 2. The van der Waals surface area contributed by atoms with E-state index in [0.29, 0.717) is 0 Å². The minimum Gasteiger partial charge on any atom is -0.312 e. The standard InChI is InChI=1S/C29H31N3/c1-20-7-10-25(11-8-20)29-23(4)21(2)17-27(32-29)13-15-31-18-24-9-12-28(22(3)16-24)26-6-5-14-30-19-26/h5-12,14,16-17,19,31H,13,15,18H2,1-4H3. The van der Waals surface area contributed by atoms with E-state index in [1.54, 1.807) is 0 Å². The summed E-state index contributed by atoms with van der Waals surface area (Å²) in [6, 6.07) is 21.6. The molecule has 0 aliphatic carbocycles. The lowest BCUT2D eigenvalue weighted by Crippen LogP contribution is -2.17. The van der Waals surface area contributed by atoms with E-state index < -0.39 is 0 Å². The molecule has 0 radical (unpaired) electrons. The summed E-state index contributed by atoms with van der Waals surface area (Å²) in [7, 11) is 0. The van der Waals surface area contributed by atoms with Crippen LogP contribution in [0.4, 0.5) is 0 Å². The second kappa shape index (κ2) is 9.88. The third-order valence-corrected chi connectivity index (χ3v) is 6.06. The predicted octanol–water partition coefficient (Wildman–Crippen LogP) is 6.38. The number of nitrogens with one attached hydrogen (secondary N) is 1. The highest BCUT2D eigenvalue weighted by Crippen LogP contribution is 2.25. The van der Waals surface area contributed by atoms with Gasteiger partial charge >= 0.3 is 0 Å². The Morgan fingerprint density at radius 1 is 0.812 bits per heavy atom. The first-order valence-electron chi connectivity index (χ1n) is 11.3. The normalized spacial score (nSPS) is 11.0. The van der Waals surface area contributed by atoms with Crippen molar-refractivity contribution >= 4 is 0 Å². The van der Waals surface area contributed by atoms with Crippen LogP contribution in [0.5, 0.6) is 0 Å². The molecule has 0 aliphatic heterocycles. The second-order valence-corrected chi connectivity index (χ2v) is 8.59. The number of benzene rings is 2. The number of aryl methyl sites for hydroxylation is 3. The molecule has 4 rings (SSSR count). The fourth-order valence-corrected chi connectivity index (χ4v) is 4.06. The molecule has 0 saturated heterocycles. The zero-order valence-electron chi connectivity index (χ0n) is 19.4. The summed E-state index contributed by atoms with van der Waals surface area (Å²) in [6.45, 7) is 10.4. The molecule has 0 aliphatic rings. The lowest BCUT2D eigenvalue weighted by Gasteiger charge is -2.13. The van der Waals surface area contributed by atoms with Crippen LogP contribution in [0.1, 0.15) is 33.5 Å². The first kappa shape index (κ1) is 21.9. The number of hydrogen-bond donors (Lipinski definition) is 1. The smallest absolute Gasteiger partial charge is 0.0737 e. The molecule has 2 aromatic carbocycles. The average molecular weight is 422 g/mol. The highest BCUT2D eigenvalue weighted by atomic mass is 14.9. The van der Waals surface area contributed by atoms with E-state index in [2.05, 4.69) is 92.6 Å². The Bertz CT molecular complexity index is 1200. The maximum Gasteiger partial charge on any atom is 0.0737 e. The number of rotatable bonds is 7. The van der Waals surface area contributed by atoms with Crippen molar-refractivity contribution in [2.75, 3.05) is 6.54 Å². The summed E-state index contributed by atoms with van der Waals surface area (Å²) in [5.74, 6) is 0. The van der Waals surface area contributed by atoms with Gasteiger partial charge in [0.1, 0.15) is 0 Å². The van der Waals surface area contributed by atoms with Gasteiger partial charge in [0.15, 0.2) is 0 Å². The Morgan fingerprint density at radius 2 is 1.62 bits per heavy atom. The van der Waals surface area contributed by atoms with E-state index >= 15 is 0 Å². The largest absolute Gasteiger partial charge is 0.312 e. The molecule has 32 heavy (non-hydrogen) atoms. The van der Waals surface area contributed by atoms with Gasteiger partial charge in [0.25, 0.3) is 0 Å². The maximum absolute atomic E-state index is 4.99. The summed E-state index contributed by atoms with van der Waals surface area (Å²) in [5.41, 5.74) is 12.2. The first-order chi connectivity index (χ1) is 15.5. The van der Waals surface area contributed by atoms with Crippen molar-refractivity contribution in [3.63, 3.8) is 0 Å². The van der Waals surface area contributed by atoms with Crippen LogP contribution in [0.25, 0.3) is 22.4 Å². The van der Waals surface area contributed by atoms with Gasteiger partial charge in [0.05, 0.1) is 5.69 Å². The van der Waals surface area contributed by atoms with Gasteiger partial charge in [-0.05, 0) is 67.6 Å². The summed E-state index contributed by atoms with van der Waals surface area (Å²) in [6.07, 6.45) is 4.64. The number of hydrogen-bond acceptors (Lipinski definition) is 3. The van der Waals surface area contributed by atoms with Gasteiger partial charge in [-0.3, -0.25) is 9.97 Å². The molecule has 1 N–H and O–H groups in total. The third-order valence-electron chi connectivity index (χ3n) is 6.06. The van der Waals surface area contributed by atoms with Gasteiger partial charge in [-0.2, -0.15) is 0 Å². The van der Waals surface area contributed by atoms with Gasteiger partial charge in [-0.1, -0.05) is 54.1 Å². The van der Waals surface area contributed by atoms with E-state index in [0.717, 1.165) is 36.5 Å². The lowest BCUT2D eigenvalue weighted by atomic mass is 9.99. The van der Waals surface area contributed by atoms with Gasteiger partial charge in [0, 0.05) is 48.7 Å². The molecule has 0 fully saturated rings. The minimum atomic E-state index is 0.851. The van der Waals surface area contributed by atoms with Crippen LogP contribution in [0.2, 0.25) is 0 Å². The molecule has 4 aromatic rings. The van der Waals surface area contributed by atoms with Crippen molar-refractivity contribution in [2.24, 2.45) is 0 Å². The summed E-state index contributed by atoms with van der Waals surface area (Å²) in [4.78, 5) is 9.23.